The molecule has 0 aliphatic rings. The minimum Gasteiger partial charge on any atom is -0.0622 e. The maximum Gasteiger partial charge on any atom is 0.0629 e. The number of hydrogen-bond acceptors (Lipinski definition) is 0. The van der Waals surface area contributed by atoms with E-state index in [2.05, 4.69) is 127 Å². The molecule has 11 aromatic rings. The van der Waals surface area contributed by atoms with Crippen molar-refractivity contribution in [1.82, 2.24) is 0 Å². The summed E-state index contributed by atoms with van der Waals surface area (Å²) < 4.78 is 43.9. The van der Waals surface area contributed by atoms with Crippen LogP contribution in [0.5, 0.6) is 0 Å². The molecule has 0 spiro atoms. The highest BCUT2D eigenvalue weighted by molar-refractivity contribution is 6.28. The van der Waals surface area contributed by atoms with Crippen LogP contribution < -0.4 is 0 Å². The van der Waals surface area contributed by atoms with Crippen molar-refractivity contribution in [3.05, 3.63) is 194 Å². The maximum atomic E-state index is 9.13. The molecule has 0 N–H and O–H groups in total. The molecule has 11 aromatic carbocycles. The topological polar surface area (TPSA) is 0 Å². The summed E-state index contributed by atoms with van der Waals surface area (Å²) in [7, 11) is 0. The van der Waals surface area contributed by atoms with Gasteiger partial charge in [0.05, 0.1) is 6.85 Å². The van der Waals surface area contributed by atoms with Crippen LogP contribution in [0.25, 0.3) is 109 Å². The molecular formula is C52H32. The van der Waals surface area contributed by atoms with Gasteiger partial charge in [-0.1, -0.05) is 188 Å². The van der Waals surface area contributed by atoms with Crippen LogP contribution in [0.1, 0.15) is 6.85 Å². The van der Waals surface area contributed by atoms with Crippen LogP contribution in [0.15, 0.2) is 194 Å². The molecule has 0 bridgehead atoms. The molecule has 11 rings (SSSR count). The van der Waals surface area contributed by atoms with E-state index in [4.69, 9.17) is 6.85 Å². The molecule has 0 atom stereocenters. The molecule has 52 heavy (non-hydrogen) atoms. The van der Waals surface area contributed by atoms with Gasteiger partial charge in [-0.05, 0) is 115 Å². The van der Waals surface area contributed by atoms with Crippen LogP contribution in [0.4, 0.5) is 0 Å². The van der Waals surface area contributed by atoms with Crippen molar-refractivity contribution < 1.29 is 6.85 Å². The second kappa shape index (κ2) is 11.4. The normalized spacial score (nSPS) is 13.2. The molecule has 0 amide bonds. The van der Waals surface area contributed by atoms with Gasteiger partial charge in [-0.15, -0.1) is 0 Å². The van der Waals surface area contributed by atoms with Crippen molar-refractivity contribution >= 4 is 64.6 Å². The fourth-order valence-corrected chi connectivity index (χ4v) is 8.65. The Bertz CT molecular complexity index is 3410. The van der Waals surface area contributed by atoms with Gasteiger partial charge in [-0.25, -0.2) is 0 Å². The zero-order chi connectivity index (χ0) is 38.5. The van der Waals surface area contributed by atoms with Crippen molar-refractivity contribution in [3.8, 4) is 44.5 Å². The Morgan fingerprint density at radius 2 is 0.827 bits per heavy atom. The zero-order valence-corrected chi connectivity index (χ0v) is 28.1. The molecular weight excluding hydrogens is 625 g/mol. The standard InChI is InChI=1S/C52H32/c1-3-12-33(13-4-1)38-26-29-47-48(32-38)50(34-14-5-2-6-15-34)43-20-9-10-21-44(43)52(47)46-31-30-41(39-18-7-8-19-40(39)46)42-27-24-37-23-22-35-16-11-17-36-25-28-45(42)51(37)49(35)36/h1-32H/i2D,5D,6D,14D,15D. The fraction of sp³-hybridized carbons (Fsp3) is 0. The van der Waals surface area contributed by atoms with Gasteiger partial charge in [0.25, 0.3) is 0 Å². The molecule has 0 radical (unpaired) electrons. The Balaban J connectivity index is 1.24. The van der Waals surface area contributed by atoms with Gasteiger partial charge < -0.3 is 0 Å². The third kappa shape index (κ3) is 4.28. The van der Waals surface area contributed by atoms with Crippen molar-refractivity contribution in [2.75, 3.05) is 0 Å². The lowest BCUT2D eigenvalue weighted by molar-refractivity contribution is 1.63. The van der Waals surface area contributed by atoms with Gasteiger partial charge in [0.15, 0.2) is 0 Å². The van der Waals surface area contributed by atoms with Crippen LogP contribution in [0.3, 0.4) is 0 Å². The number of rotatable bonds is 4. The lowest BCUT2D eigenvalue weighted by Crippen LogP contribution is -1.93. The predicted molar refractivity (Wildman–Crippen MR) is 224 cm³/mol. The van der Waals surface area contributed by atoms with E-state index in [1.54, 1.807) is 0 Å². The van der Waals surface area contributed by atoms with Crippen LogP contribution in [-0.4, -0.2) is 0 Å². The molecule has 0 nitrogen and oxygen atoms in total. The molecule has 0 unspecified atom stereocenters. The Kier molecular flexibility index (Phi) is 5.34. The maximum absolute atomic E-state index is 9.13. The van der Waals surface area contributed by atoms with Crippen molar-refractivity contribution in [1.29, 1.82) is 0 Å². The minimum absolute atomic E-state index is 0.202. The summed E-state index contributed by atoms with van der Waals surface area (Å²) in [5, 5.41) is 13.3. The van der Waals surface area contributed by atoms with E-state index in [9.17, 15) is 0 Å². The number of benzene rings is 11. The predicted octanol–water partition coefficient (Wildman–Crippen LogP) is 14.7. The van der Waals surface area contributed by atoms with E-state index in [1.807, 2.05) is 36.4 Å². The molecule has 0 fully saturated rings. The summed E-state index contributed by atoms with van der Waals surface area (Å²) >= 11 is 0. The van der Waals surface area contributed by atoms with E-state index in [0.29, 0.717) is 5.56 Å². The largest absolute Gasteiger partial charge is 0.0629 e. The van der Waals surface area contributed by atoms with Gasteiger partial charge in [-0.3, -0.25) is 0 Å². The lowest BCUT2D eigenvalue weighted by Gasteiger charge is -2.21. The van der Waals surface area contributed by atoms with Crippen molar-refractivity contribution in [2.45, 2.75) is 0 Å². The summed E-state index contributed by atoms with van der Waals surface area (Å²) in [6, 6.07) is 56.2. The third-order valence-electron chi connectivity index (χ3n) is 10.9. The van der Waals surface area contributed by atoms with Gasteiger partial charge >= 0.3 is 0 Å². The van der Waals surface area contributed by atoms with E-state index >= 15 is 0 Å². The van der Waals surface area contributed by atoms with Crippen LogP contribution in [0, 0.1) is 0 Å². The van der Waals surface area contributed by atoms with Crippen LogP contribution in [-0.2, 0) is 0 Å². The summed E-state index contributed by atoms with van der Waals surface area (Å²) in [4.78, 5) is 0. The molecule has 240 valence electrons. The van der Waals surface area contributed by atoms with Crippen LogP contribution in [0.2, 0.25) is 0 Å². The Hall–Kier alpha value is -6.76. The molecule has 0 aliphatic carbocycles. The summed E-state index contributed by atoms with van der Waals surface area (Å²) in [5.74, 6) is 0. The second-order valence-electron chi connectivity index (χ2n) is 13.6. The number of fused-ring (bicyclic) bond motifs is 3. The highest BCUT2D eigenvalue weighted by atomic mass is 14.2. The molecule has 0 aromatic heterocycles. The minimum atomic E-state index is -0.403. The van der Waals surface area contributed by atoms with Gasteiger partial charge in [-0.2, -0.15) is 0 Å². The van der Waals surface area contributed by atoms with Gasteiger partial charge in [0.2, 0.25) is 0 Å². The van der Waals surface area contributed by atoms with Gasteiger partial charge in [0.1, 0.15) is 0 Å². The first-order chi connectivity index (χ1) is 27.9. The summed E-state index contributed by atoms with van der Waals surface area (Å²) in [6.07, 6.45) is 0. The van der Waals surface area contributed by atoms with E-state index in [-0.39, 0.29) is 29.7 Å². The van der Waals surface area contributed by atoms with Gasteiger partial charge in [0, 0.05) is 0 Å². The molecule has 0 heteroatoms. The zero-order valence-electron chi connectivity index (χ0n) is 33.1. The highest BCUT2D eigenvalue weighted by Gasteiger charge is 2.20. The SMILES string of the molecule is [2H]c1c([2H])c([2H])c(-c2c3ccccc3c(-c3ccc(-c4ccc5ccc6cccc7ccc4c5c67)c4ccccc34)c3ccc(-c4ccccc4)cc23)c([2H])c1[2H]. The first kappa shape index (κ1) is 24.4. The molecule has 0 heterocycles. The first-order valence-corrected chi connectivity index (χ1v) is 17.7. The monoisotopic (exact) mass is 661 g/mol. The Labute approximate surface area is 309 Å². The fourth-order valence-electron chi connectivity index (χ4n) is 8.65. The van der Waals surface area contributed by atoms with E-state index in [0.717, 1.165) is 60.1 Å². The first-order valence-electron chi connectivity index (χ1n) is 20.2. The average Bonchev–Trinajstić information content (AvgIpc) is 3.26. The quantitative estimate of drug-likeness (QED) is 0.130. The average molecular weight is 662 g/mol. The lowest BCUT2D eigenvalue weighted by atomic mass is 9.82. The molecule has 0 saturated heterocycles. The van der Waals surface area contributed by atoms with Crippen LogP contribution >= 0.6 is 0 Å². The molecule has 0 aliphatic heterocycles. The summed E-state index contributed by atoms with van der Waals surface area (Å²) in [5.41, 5.74) is 7.28. The second-order valence-corrected chi connectivity index (χ2v) is 13.6. The molecule has 0 saturated carbocycles. The Morgan fingerprint density at radius 1 is 0.288 bits per heavy atom. The highest BCUT2D eigenvalue weighted by Crippen LogP contribution is 2.48. The smallest absolute Gasteiger partial charge is 0.0622 e. The van der Waals surface area contributed by atoms with E-state index in [1.165, 1.54) is 37.9 Å². The Morgan fingerprint density at radius 3 is 1.60 bits per heavy atom. The summed E-state index contributed by atoms with van der Waals surface area (Å²) in [6.45, 7) is 0. The van der Waals surface area contributed by atoms with E-state index < -0.39 is 6.04 Å². The van der Waals surface area contributed by atoms with Crippen molar-refractivity contribution in [3.63, 3.8) is 0 Å². The van der Waals surface area contributed by atoms with Crippen molar-refractivity contribution in [2.24, 2.45) is 0 Å². The third-order valence-corrected chi connectivity index (χ3v) is 10.9. The number of hydrogen-bond donors (Lipinski definition) is 0.